The fourth-order valence-electron chi connectivity index (χ4n) is 11.4. The van der Waals surface area contributed by atoms with Crippen molar-refractivity contribution in [3.63, 3.8) is 0 Å². The zero-order chi connectivity index (χ0) is 80.8. The number of aliphatic hydroxyl groups is 2. The summed E-state index contributed by atoms with van der Waals surface area (Å²) in [6.07, 6.45) is 108. The Morgan fingerprint density at radius 1 is 0.252 bits per heavy atom. The van der Waals surface area contributed by atoms with E-state index in [0.29, 0.717) is 19.3 Å². The molecule has 0 aromatic carbocycles. The fraction of sp³-hybridized carbons (Fsp3) is 0.667. The van der Waals surface area contributed by atoms with Gasteiger partial charge in [-0.05, 0) is 148 Å². The van der Waals surface area contributed by atoms with Gasteiger partial charge in [0.25, 0.3) is 0 Å². The molecule has 0 heterocycles. The maximum Gasteiger partial charge on any atom is 0.472 e. The lowest BCUT2D eigenvalue weighted by Gasteiger charge is -2.21. The number of carbonyl (C=O) groups excluding carboxylic acids is 3. The highest BCUT2D eigenvalue weighted by atomic mass is 31.2. The van der Waals surface area contributed by atoms with E-state index in [1.54, 1.807) is 0 Å². The first kappa shape index (κ1) is 106. The second-order valence-electron chi connectivity index (χ2n) is 28.5. The topological polar surface area (TPSA) is 231 Å². The molecule has 5 atom stereocenters. The summed E-state index contributed by atoms with van der Waals surface area (Å²) in [5, 5.41) is 20.7. The molecule has 0 spiro atoms. The number of ether oxygens (including phenoxy) is 3. The zero-order valence-corrected chi connectivity index (χ0v) is 71.4. The van der Waals surface area contributed by atoms with Crippen LogP contribution in [-0.2, 0) is 55.8 Å². The van der Waals surface area contributed by atoms with Gasteiger partial charge in [0.15, 0.2) is 6.10 Å². The van der Waals surface area contributed by atoms with Crippen LogP contribution in [0, 0.1) is 0 Å². The number of esters is 3. The van der Waals surface area contributed by atoms with Crippen molar-refractivity contribution in [2.45, 2.75) is 360 Å². The maximum atomic E-state index is 13.0. The first-order valence-electron chi connectivity index (χ1n) is 43.4. The van der Waals surface area contributed by atoms with Crippen LogP contribution in [0.15, 0.2) is 170 Å². The van der Waals surface area contributed by atoms with E-state index in [-0.39, 0.29) is 19.3 Å². The minimum Gasteiger partial charge on any atom is -0.463 e. The normalized spacial score (nSPS) is 14.7. The lowest BCUT2D eigenvalue weighted by Crippen LogP contribution is -2.30. The molecule has 0 aromatic rings. The van der Waals surface area contributed by atoms with Crippen molar-refractivity contribution in [3.8, 4) is 0 Å². The monoisotopic (exact) mass is 1590 g/mol. The third kappa shape index (κ3) is 85.6. The van der Waals surface area contributed by atoms with E-state index in [2.05, 4.69) is 191 Å². The van der Waals surface area contributed by atoms with Crippen LogP contribution in [0.1, 0.15) is 342 Å². The van der Waals surface area contributed by atoms with Crippen LogP contribution in [0.25, 0.3) is 0 Å². The predicted molar refractivity (Wildman–Crippen MR) is 463 cm³/mol. The molecule has 16 nitrogen and oxygen atoms in total. The smallest absolute Gasteiger partial charge is 0.463 e. The molecule has 0 radical (unpaired) electrons. The molecular formula is C93H156O16P2. The molecule has 0 rings (SSSR count). The third-order valence-electron chi connectivity index (χ3n) is 17.9. The first-order valence-corrected chi connectivity index (χ1v) is 46.4. The van der Waals surface area contributed by atoms with Crippen LogP contribution >= 0.6 is 15.6 Å². The minimum absolute atomic E-state index is 0.0786. The molecule has 0 aromatic heterocycles. The lowest BCUT2D eigenvalue weighted by molar-refractivity contribution is -0.161. The van der Waals surface area contributed by atoms with Crippen LogP contribution in [-0.4, -0.2) is 95.9 Å². The average molecular weight is 1590 g/mol. The second kappa shape index (κ2) is 84.3. The number of carbonyl (C=O) groups is 3. The Balaban J connectivity index is 4.49. The Hall–Kier alpha value is -5.09. The summed E-state index contributed by atoms with van der Waals surface area (Å²) < 4.78 is 61.3. The summed E-state index contributed by atoms with van der Waals surface area (Å²) in [6, 6.07) is 0. The molecule has 634 valence electrons. The number of phosphoric acid groups is 2. The van der Waals surface area contributed by atoms with Crippen molar-refractivity contribution in [3.05, 3.63) is 170 Å². The molecular weight excluding hydrogens is 1430 g/mol. The number of allylic oxidation sites excluding steroid dienone is 28. The highest BCUT2D eigenvalue weighted by Crippen LogP contribution is 2.45. The molecule has 4 N–H and O–H groups in total. The molecule has 5 unspecified atom stereocenters. The van der Waals surface area contributed by atoms with Gasteiger partial charge in [-0.15, -0.1) is 0 Å². The van der Waals surface area contributed by atoms with Crippen molar-refractivity contribution in [1.82, 2.24) is 0 Å². The number of rotatable bonds is 81. The Morgan fingerprint density at radius 2 is 0.450 bits per heavy atom. The van der Waals surface area contributed by atoms with E-state index in [9.17, 15) is 43.5 Å². The quantitative estimate of drug-likeness (QED) is 0.0146. The Bertz CT molecular complexity index is 2700. The molecule has 0 fully saturated rings. The molecule has 0 aliphatic heterocycles. The van der Waals surface area contributed by atoms with Gasteiger partial charge in [0, 0.05) is 19.3 Å². The largest absolute Gasteiger partial charge is 0.472 e. The summed E-state index contributed by atoms with van der Waals surface area (Å²) in [7, 11) is -9.81. The molecule has 111 heavy (non-hydrogen) atoms. The van der Waals surface area contributed by atoms with Crippen molar-refractivity contribution >= 4 is 33.6 Å². The van der Waals surface area contributed by atoms with Crippen molar-refractivity contribution in [2.24, 2.45) is 0 Å². The molecule has 0 saturated heterocycles. The molecule has 0 aliphatic carbocycles. The van der Waals surface area contributed by atoms with Crippen molar-refractivity contribution < 1.29 is 75.8 Å². The highest BCUT2D eigenvalue weighted by molar-refractivity contribution is 7.47. The average Bonchev–Trinajstić information content (AvgIpc) is 0.912. The summed E-state index contributed by atoms with van der Waals surface area (Å²) in [6.45, 7) is 2.33. The van der Waals surface area contributed by atoms with E-state index in [1.165, 1.54) is 96.3 Å². The van der Waals surface area contributed by atoms with E-state index in [1.807, 2.05) is 0 Å². The zero-order valence-electron chi connectivity index (χ0n) is 69.6. The Labute approximate surface area is 675 Å². The number of unbranched alkanes of at least 4 members (excludes halogenated alkanes) is 30. The van der Waals surface area contributed by atoms with Gasteiger partial charge in [-0.2, -0.15) is 0 Å². The van der Waals surface area contributed by atoms with Gasteiger partial charge in [0.1, 0.15) is 25.4 Å². The third-order valence-corrected chi connectivity index (χ3v) is 19.8. The van der Waals surface area contributed by atoms with Crippen LogP contribution in [0.4, 0.5) is 0 Å². The van der Waals surface area contributed by atoms with Gasteiger partial charge in [0.05, 0.1) is 26.4 Å². The van der Waals surface area contributed by atoms with Crippen molar-refractivity contribution in [1.29, 1.82) is 0 Å². The van der Waals surface area contributed by atoms with E-state index in [4.69, 9.17) is 32.3 Å². The number of phosphoric ester groups is 2. The molecule has 18 heteroatoms. The Morgan fingerprint density at radius 3 is 0.712 bits per heavy atom. The molecule has 0 aliphatic rings. The van der Waals surface area contributed by atoms with Gasteiger partial charge in [-0.25, -0.2) is 9.13 Å². The molecule has 0 saturated carbocycles. The molecule has 0 bridgehead atoms. The molecule has 0 amide bonds. The van der Waals surface area contributed by atoms with Crippen LogP contribution in [0.5, 0.6) is 0 Å². The highest BCUT2D eigenvalue weighted by Gasteiger charge is 2.29. The second-order valence-corrected chi connectivity index (χ2v) is 31.5. The van der Waals surface area contributed by atoms with Crippen molar-refractivity contribution in [2.75, 3.05) is 39.6 Å². The number of hydrogen-bond donors (Lipinski definition) is 4. The lowest BCUT2D eigenvalue weighted by atomic mass is 10.0. The van der Waals surface area contributed by atoms with Gasteiger partial charge in [0.2, 0.25) is 0 Å². The number of aliphatic hydroxyl groups excluding tert-OH is 2. The van der Waals surface area contributed by atoms with Gasteiger partial charge < -0.3 is 34.2 Å². The minimum atomic E-state index is -4.95. The van der Waals surface area contributed by atoms with E-state index < -0.39 is 91.5 Å². The van der Waals surface area contributed by atoms with Gasteiger partial charge in [-0.3, -0.25) is 32.5 Å². The summed E-state index contributed by atoms with van der Waals surface area (Å²) in [5.74, 6) is -1.60. The first-order chi connectivity index (χ1) is 54.2. The van der Waals surface area contributed by atoms with Gasteiger partial charge in [-0.1, -0.05) is 345 Å². The summed E-state index contributed by atoms with van der Waals surface area (Å²) in [5.41, 5.74) is 0. The Kier molecular flexibility index (Phi) is 80.4. The van der Waals surface area contributed by atoms with E-state index in [0.717, 1.165) is 186 Å². The van der Waals surface area contributed by atoms with E-state index >= 15 is 0 Å². The van der Waals surface area contributed by atoms with Gasteiger partial charge >= 0.3 is 33.6 Å². The van der Waals surface area contributed by atoms with Crippen LogP contribution in [0.2, 0.25) is 0 Å². The number of hydrogen-bond acceptors (Lipinski definition) is 14. The summed E-state index contributed by atoms with van der Waals surface area (Å²) in [4.78, 5) is 58.8. The SMILES string of the molecule is CC/C=C\C/C=C\C/C=C\C/C=C\C/C=C\C/C=C\CCCCCCCCCCC(=O)OCC(COP(=O)(O)OCC(O)COP(=O)(O)OCC(O)COC(=O)CCCCCCCCCCCCCCCCCCC/C=C\C/C=C\C/C=C\C/C=C\C/C=C\CC)OC(=O)CCCCCCC/C=C\C/C=C\C/C=C\CC. The fourth-order valence-corrected chi connectivity index (χ4v) is 13.0. The maximum absolute atomic E-state index is 13.0. The predicted octanol–water partition coefficient (Wildman–Crippen LogP) is 26.3. The van der Waals surface area contributed by atoms with Crippen LogP contribution in [0.3, 0.4) is 0 Å². The van der Waals surface area contributed by atoms with Crippen LogP contribution < -0.4 is 0 Å². The summed E-state index contributed by atoms with van der Waals surface area (Å²) >= 11 is 0. The standard InChI is InChI=1S/C93H156O16P2/c1-4-7-10-13-16-19-22-25-28-30-32-34-36-38-40-41-42-43-44-45-47-49-50-52-54-56-59-61-64-67-70-73-76-79-91(96)103-82-88(94)83-105-110(99,100)106-84-89(95)85-107-111(101,102)108-87-90(109-93(98)81-78-75-72-69-66-63-58-27-24-21-18-15-12-9-6-3)86-104-92(97)80-77-74-71-68-65-62-60-57-55-53-51-48-46-39-37-35-33-31-29-26-23-20-17-14-11-8-5-2/h7-12,16-21,25-29,32-35,38-40,46,51,53,58,88-90,94-95H,4-6,13-15,22-24,30-31,36-37,41-45,47-50,52,54-57,59-87H2,1-3H3,(H,99,100)(H,101,102)/b10-7-,11-8-,12-9-,19-16-,20-17-,21-18-,28-25-,29-26-,34-32-,35-33-,40-38-,46-39-,53-51-,58-27-.